The number of aldehydes is 1. The first-order chi connectivity index (χ1) is 16.5. The predicted molar refractivity (Wildman–Crippen MR) is 136 cm³/mol. The molecule has 1 fully saturated rings. The summed E-state index contributed by atoms with van der Waals surface area (Å²) in [5.41, 5.74) is 8.19. The Balaban J connectivity index is 1.51. The topological polar surface area (TPSA) is 84.6 Å². The van der Waals surface area contributed by atoms with Crippen molar-refractivity contribution in [2.45, 2.75) is 19.8 Å². The first-order valence-electron chi connectivity index (χ1n) is 11.6. The maximum atomic E-state index is 10.6. The Labute approximate surface area is 200 Å². The number of hydrogen-bond donors (Lipinski definition) is 1. The van der Waals surface area contributed by atoms with Gasteiger partial charge in [-0.2, -0.15) is 0 Å². The van der Waals surface area contributed by atoms with Crippen LogP contribution < -0.4 is 15.4 Å². The minimum atomic E-state index is 0.472. The molecule has 0 bridgehead atoms. The van der Waals surface area contributed by atoms with Crippen molar-refractivity contribution >= 4 is 17.9 Å². The predicted octanol–water partition coefficient (Wildman–Crippen LogP) is 4.69. The lowest BCUT2D eigenvalue weighted by molar-refractivity contribution is -0.104. The molecule has 7 nitrogen and oxygen atoms in total. The summed E-state index contributed by atoms with van der Waals surface area (Å²) in [6.45, 7) is 4.64. The molecule has 0 unspecified atom stereocenters. The summed E-state index contributed by atoms with van der Waals surface area (Å²) in [7, 11) is 2.07. The number of benzene rings is 2. The largest absolute Gasteiger partial charge is 0.457 e. The molecule has 3 aromatic rings. The third kappa shape index (κ3) is 5.73. The Morgan fingerprint density at radius 1 is 1.06 bits per heavy atom. The van der Waals surface area contributed by atoms with E-state index in [9.17, 15) is 4.79 Å². The van der Waals surface area contributed by atoms with E-state index in [2.05, 4.69) is 21.8 Å². The normalized spacial score (nSPS) is 14.4. The summed E-state index contributed by atoms with van der Waals surface area (Å²) < 4.78 is 5.93. The number of aromatic nitrogens is 2. The van der Waals surface area contributed by atoms with E-state index in [0.29, 0.717) is 17.6 Å². The molecule has 176 valence electrons. The summed E-state index contributed by atoms with van der Waals surface area (Å²) in [5, 5.41) is 0. The molecule has 1 aromatic heterocycles. The molecular formula is C27H31N5O2. The Hall–Kier alpha value is -3.87. The van der Waals surface area contributed by atoms with E-state index in [4.69, 9.17) is 15.5 Å². The van der Waals surface area contributed by atoms with Crippen LogP contribution in [0.1, 0.15) is 18.7 Å². The molecule has 1 aliphatic heterocycles. The minimum Gasteiger partial charge on any atom is -0.457 e. The number of carbonyl (C=O) groups excluding carboxylic acids is 1. The fourth-order valence-electron chi connectivity index (χ4n) is 4.36. The second-order valence-corrected chi connectivity index (χ2v) is 8.63. The van der Waals surface area contributed by atoms with Gasteiger partial charge >= 0.3 is 0 Å². The Morgan fingerprint density at radius 3 is 2.41 bits per heavy atom. The van der Waals surface area contributed by atoms with Crippen molar-refractivity contribution in [3.05, 3.63) is 72.7 Å². The number of para-hydroxylation sites is 1. The van der Waals surface area contributed by atoms with Gasteiger partial charge in [0.1, 0.15) is 35.2 Å². The van der Waals surface area contributed by atoms with Crippen molar-refractivity contribution in [2.75, 3.05) is 37.3 Å². The van der Waals surface area contributed by atoms with Gasteiger partial charge in [-0.3, -0.25) is 4.79 Å². The smallest absolute Gasteiger partial charge is 0.144 e. The molecular weight excluding hydrogens is 426 g/mol. The molecule has 4 rings (SSSR count). The molecule has 0 aliphatic carbocycles. The van der Waals surface area contributed by atoms with Crippen LogP contribution in [-0.2, 0) is 4.79 Å². The molecule has 0 amide bonds. The van der Waals surface area contributed by atoms with Gasteiger partial charge in [0, 0.05) is 32.9 Å². The van der Waals surface area contributed by atoms with Crippen LogP contribution in [-0.4, -0.2) is 47.8 Å². The van der Waals surface area contributed by atoms with Gasteiger partial charge in [-0.25, -0.2) is 9.97 Å². The zero-order chi connectivity index (χ0) is 23.9. The highest BCUT2D eigenvalue weighted by Crippen LogP contribution is 2.35. The van der Waals surface area contributed by atoms with Crippen molar-refractivity contribution in [3.8, 4) is 22.6 Å². The average molecular weight is 458 g/mol. The summed E-state index contributed by atoms with van der Waals surface area (Å²) in [5.74, 6) is 4.05. The van der Waals surface area contributed by atoms with E-state index in [0.717, 1.165) is 67.2 Å². The van der Waals surface area contributed by atoms with E-state index >= 15 is 0 Å². The van der Waals surface area contributed by atoms with Gasteiger partial charge in [0.2, 0.25) is 0 Å². The molecule has 2 N–H and O–H groups in total. The molecule has 1 aliphatic rings. The van der Waals surface area contributed by atoms with Crippen LogP contribution in [0, 0.1) is 12.8 Å². The number of allylic oxidation sites excluding steroid dienone is 1. The van der Waals surface area contributed by atoms with Crippen molar-refractivity contribution in [2.24, 2.45) is 5.92 Å². The van der Waals surface area contributed by atoms with Crippen molar-refractivity contribution < 1.29 is 9.53 Å². The molecule has 2 heterocycles. The van der Waals surface area contributed by atoms with Gasteiger partial charge in [-0.1, -0.05) is 30.3 Å². The standard InChI is InChI=1S/C27H31N5O2/c1-20-29-26(28)25(22-9-11-24(12-10-22)34-23-7-4-3-5-8-23)27(30-20)31(2)19-21-13-16-32(17-14-21)15-6-18-33/h3-12,15,18,21H,13-14,16-17,19H2,1-2H3,(H2,28,29,30). The van der Waals surface area contributed by atoms with Crippen LogP contribution >= 0.6 is 0 Å². The van der Waals surface area contributed by atoms with Crippen LogP contribution in [0.2, 0.25) is 0 Å². The Bertz CT molecular complexity index is 1120. The minimum absolute atomic E-state index is 0.472. The number of nitrogens with two attached hydrogens (primary N) is 1. The number of carbonyl (C=O) groups is 1. The maximum absolute atomic E-state index is 10.6. The highest BCUT2D eigenvalue weighted by molar-refractivity contribution is 5.84. The average Bonchev–Trinajstić information content (AvgIpc) is 2.84. The van der Waals surface area contributed by atoms with Crippen LogP contribution in [0.5, 0.6) is 11.5 Å². The number of nitrogens with zero attached hydrogens (tertiary/aromatic N) is 4. The summed E-state index contributed by atoms with van der Waals surface area (Å²) in [6, 6.07) is 17.6. The summed E-state index contributed by atoms with van der Waals surface area (Å²) >= 11 is 0. The quantitative estimate of drug-likeness (QED) is 0.388. The summed E-state index contributed by atoms with van der Waals surface area (Å²) in [4.78, 5) is 24.2. The number of hydrogen-bond acceptors (Lipinski definition) is 7. The second-order valence-electron chi connectivity index (χ2n) is 8.63. The Morgan fingerprint density at radius 2 is 1.74 bits per heavy atom. The number of anilines is 2. The third-order valence-electron chi connectivity index (χ3n) is 6.07. The van der Waals surface area contributed by atoms with Crippen molar-refractivity contribution in [1.29, 1.82) is 0 Å². The van der Waals surface area contributed by atoms with Crippen LogP contribution in [0.25, 0.3) is 11.1 Å². The fraction of sp³-hybridized carbons (Fsp3) is 0.296. The SMILES string of the molecule is Cc1nc(N)c(-c2ccc(Oc3ccccc3)cc2)c(N(C)CC2CCN(C=CC=O)CC2)n1. The monoisotopic (exact) mass is 457 g/mol. The third-order valence-corrected chi connectivity index (χ3v) is 6.07. The van der Waals surface area contributed by atoms with Gasteiger partial charge in [-0.05, 0) is 61.6 Å². The molecule has 34 heavy (non-hydrogen) atoms. The number of rotatable bonds is 8. The number of piperidine rings is 1. The zero-order valence-electron chi connectivity index (χ0n) is 19.7. The molecule has 2 aromatic carbocycles. The zero-order valence-corrected chi connectivity index (χ0v) is 19.7. The van der Waals surface area contributed by atoms with Gasteiger partial charge < -0.3 is 20.3 Å². The second kappa shape index (κ2) is 10.8. The van der Waals surface area contributed by atoms with Gasteiger partial charge in [0.05, 0.1) is 5.56 Å². The van der Waals surface area contributed by atoms with Gasteiger partial charge in [0.25, 0.3) is 0 Å². The molecule has 0 spiro atoms. The summed E-state index contributed by atoms with van der Waals surface area (Å²) in [6.07, 6.45) is 6.39. The van der Waals surface area contributed by atoms with Crippen LogP contribution in [0.3, 0.4) is 0 Å². The maximum Gasteiger partial charge on any atom is 0.144 e. The number of aryl methyl sites for hydroxylation is 1. The van der Waals surface area contributed by atoms with E-state index < -0.39 is 0 Å². The van der Waals surface area contributed by atoms with Gasteiger partial charge in [-0.15, -0.1) is 0 Å². The lowest BCUT2D eigenvalue weighted by Gasteiger charge is -2.34. The Kier molecular flexibility index (Phi) is 7.42. The van der Waals surface area contributed by atoms with E-state index in [1.807, 2.05) is 67.7 Å². The number of ether oxygens (including phenoxy) is 1. The molecule has 7 heteroatoms. The molecule has 0 atom stereocenters. The van der Waals surface area contributed by atoms with Crippen LogP contribution in [0.4, 0.5) is 11.6 Å². The highest BCUT2D eigenvalue weighted by Gasteiger charge is 2.22. The van der Waals surface area contributed by atoms with E-state index in [-0.39, 0.29) is 0 Å². The first-order valence-corrected chi connectivity index (χ1v) is 11.6. The lowest BCUT2D eigenvalue weighted by Crippen LogP contribution is -2.36. The number of likely N-dealkylation sites (tertiary alicyclic amines) is 1. The van der Waals surface area contributed by atoms with Crippen molar-refractivity contribution in [3.63, 3.8) is 0 Å². The molecule has 0 radical (unpaired) electrons. The van der Waals surface area contributed by atoms with Crippen molar-refractivity contribution in [1.82, 2.24) is 14.9 Å². The highest BCUT2D eigenvalue weighted by atomic mass is 16.5. The van der Waals surface area contributed by atoms with E-state index in [1.165, 1.54) is 0 Å². The van der Waals surface area contributed by atoms with Crippen LogP contribution in [0.15, 0.2) is 66.9 Å². The first kappa shape index (κ1) is 23.3. The molecule has 0 saturated carbocycles. The molecule has 1 saturated heterocycles. The fourth-order valence-corrected chi connectivity index (χ4v) is 4.36. The number of nitrogen functional groups attached to an aromatic ring is 1. The van der Waals surface area contributed by atoms with E-state index in [1.54, 1.807) is 6.08 Å². The van der Waals surface area contributed by atoms with Gasteiger partial charge in [0.15, 0.2) is 0 Å². The lowest BCUT2D eigenvalue weighted by atomic mass is 9.96.